The summed E-state index contributed by atoms with van der Waals surface area (Å²) in [6.07, 6.45) is 2.80. The Bertz CT molecular complexity index is 624. The summed E-state index contributed by atoms with van der Waals surface area (Å²) in [6, 6.07) is 5.65. The van der Waals surface area contributed by atoms with Gasteiger partial charge in [0.1, 0.15) is 4.90 Å². The molecule has 0 saturated heterocycles. The first kappa shape index (κ1) is 12.4. The van der Waals surface area contributed by atoms with Crippen molar-refractivity contribution in [2.45, 2.75) is 4.90 Å². The summed E-state index contributed by atoms with van der Waals surface area (Å²) in [5.41, 5.74) is 0. The molecule has 90 valence electrons. The molecule has 0 atom stereocenters. The lowest BCUT2D eigenvalue weighted by Crippen LogP contribution is -2.20. The van der Waals surface area contributed by atoms with Gasteiger partial charge in [-0.05, 0) is 40.2 Å². The molecule has 17 heavy (non-hydrogen) atoms. The largest absolute Gasteiger partial charge is 0.358 e. The van der Waals surface area contributed by atoms with Gasteiger partial charge in [-0.15, -0.1) is 5.10 Å². The Kier molecular flexibility index (Phi) is 3.41. The van der Waals surface area contributed by atoms with Crippen molar-refractivity contribution in [2.75, 3.05) is 0 Å². The van der Waals surface area contributed by atoms with Gasteiger partial charge in [0.2, 0.25) is 0 Å². The SMILES string of the molecule is O=S(=O)(On1cc(Br)cn1)c1ccc(Cl)cc1. The summed E-state index contributed by atoms with van der Waals surface area (Å²) in [5, 5.41) is 4.14. The van der Waals surface area contributed by atoms with Crippen molar-refractivity contribution in [3.63, 3.8) is 0 Å². The van der Waals surface area contributed by atoms with Crippen LogP contribution in [0.2, 0.25) is 5.02 Å². The maximum absolute atomic E-state index is 11.8. The third-order valence-corrected chi connectivity index (χ3v) is 3.67. The minimum atomic E-state index is -3.90. The first-order valence-electron chi connectivity index (χ1n) is 4.38. The van der Waals surface area contributed by atoms with Gasteiger partial charge in [0.05, 0.1) is 16.9 Å². The molecule has 2 aromatic rings. The summed E-state index contributed by atoms with van der Waals surface area (Å²) in [7, 11) is -3.90. The van der Waals surface area contributed by atoms with Crippen molar-refractivity contribution >= 4 is 37.6 Å². The molecule has 0 aliphatic carbocycles. The Morgan fingerprint density at radius 1 is 1.29 bits per heavy atom. The quantitative estimate of drug-likeness (QED) is 0.861. The molecule has 0 aliphatic rings. The van der Waals surface area contributed by atoms with Crippen LogP contribution in [0.5, 0.6) is 0 Å². The van der Waals surface area contributed by atoms with Crippen molar-refractivity contribution in [3.05, 3.63) is 46.2 Å². The minimum Gasteiger partial charge on any atom is -0.266 e. The van der Waals surface area contributed by atoms with Gasteiger partial charge >= 0.3 is 10.1 Å². The van der Waals surface area contributed by atoms with E-state index in [9.17, 15) is 8.42 Å². The van der Waals surface area contributed by atoms with Crippen LogP contribution in [0.1, 0.15) is 0 Å². The van der Waals surface area contributed by atoms with Gasteiger partial charge < -0.3 is 0 Å². The fourth-order valence-corrected chi connectivity index (χ4v) is 2.30. The van der Waals surface area contributed by atoms with Crippen molar-refractivity contribution in [2.24, 2.45) is 0 Å². The molecule has 5 nitrogen and oxygen atoms in total. The highest BCUT2D eigenvalue weighted by Crippen LogP contribution is 2.15. The molecule has 8 heteroatoms. The zero-order valence-electron chi connectivity index (χ0n) is 8.25. The van der Waals surface area contributed by atoms with Crippen LogP contribution in [0, 0.1) is 0 Å². The number of benzene rings is 1. The molecule has 2 rings (SSSR count). The maximum Gasteiger partial charge on any atom is 0.358 e. The van der Waals surface area contributed by atoms with Crippen LogP contribution in [-0.4, -0.2) is 18.4 Å². The number of halogens is 2. The fourth-order valence-electron chi connectivity index (χ4n) is 1.07. The molecular formula is C9H6BrClN2O3S. The summed E-state index contributed by atoms with van der Waals surface area (Å²) >= 11 is 8.80. The molecular weight excluding hydrogens is 332 g/mol. The van der Waals surface area contributed by atoms with E-state index in [0.717, 1.165) is 4.85 Å². The molecule has 0 saturated carbocycles. The van der Waals surface area contributed by atoms with Gasteiger partial charge in [0, 0.05) is 5.02 Å². The molecule has 1 aromatic carbocycles. The van der Waals surface area contributed by atoms with Gasteiger partial charge in [0.15, 0.2) is 0 Å². The Morgan fingerprint density at radius 3 is 2.47 bits per heavy atom. The van der Waals surface area contributed by atoms with E-state index >= 15 is 0 Å². The summed E-state index contributed by atoms with van der Waals surface area (Å²) in [4.78, 5) is 0.863. The predicted molar refractivity (Wildman–Crippen MR) is 65.1 cm³/mol. The normalized spacial score (nSPS) is 11.4. The number of aromatic nitrogens is 2. The fraction of sp³-hybridized carbons (Fsp3) is 0. The third-order valence-electron chi connectivity index (χ3n) is 1.81. The Labute approximate surface area is 111 Å². The van der Waals surface area contributed by atoms with Gasteiger partial charge in [-0.2, -0.15) is 8.42 Å². The molecule has 0 N–H and O–H groups in total. The summed E-state index contributed by atoms with van der Waals surface area (Å²) in [5.74, 6) is 0. The molecule has 0 radical (unpaired) electrons. The second kappa shape index (κ2) is 4.67. The third kappa shape index (κ3) is 2.99. The van der Waals surface area contributed by atoms with E-state index in [1.165, 1.54) is 36.7 Å². The lowest BCUT2D eigenvalue weighted by Gasteiger charge is -2.05. The van der Waals surface area contributed by atoms with E-state index < -0.39 is 10.1 Å². The van der Waals surface area contributed by atoms with Crippen molar-refractivity contribution < 1.29 is 12.7 Å². The number of hydrogen-bond donors (Lipinski definition) is 0. The zero-order chi connectivity index (χ0) is 12.5. The number of nitrogens with zero attached hydrogens (tertiary/aromatic N) is 2. The van der Waals surface area contributed by atoms with E-state index in [1.54, 1.807) is 0 Å². The Hall–Kier alpha value is -1.05. The predicted octanol–water partition coefficient (Wildman–Crippen LogP) is 2.12. The Morgan fingerprint density at radius 2 is 1.94 bits per heavy atom. The highest BCUT2D eigenvalue weighted by Gasteiger charge is 2.17. The van der Waals surface area contributed by atoms with E-state index in [0.29, 0.717) is 9.50 Å². The average Bonchev–Trinajstić information content (AvgIpc) is 2.63. The molecule has 0 spiro atoms. The van der Waals surface area contributed by atoms with Gasteiger partial charge in [-0.3, -0.25) is 4.28 Å². The van der Waals surface area contributed by atoms with Crippen LogP contribution < -0.4 is 4.28 Å². The summed E-state index contributed by atoms with van der Waals surface area (Å²) < 4.78 is 28.9. The monoisotopic (exact) mass is 336 g/mol. The second-order valence-electron chi connectivity index (χ2n) is 3.04. The van der Waals surface area contributed by atoms with Crippen LogP contribution in [0.3, 0.4) is 0 Å². The average molecular weight is 338 g/mol. The van der Waals surface area contributed by atoms with E-state index in [1.807, 2.05) is 0 Å². The first-order chi connectivity index (χ1) is 7.97. The van der Waals surface area contributed by atoms with Crippen LogP contribution in [0.25, 0.3) is 0 Å². The minimum absolute atomic E-state index is 0.00789. The Balaban J connectivity index is 2.28. The number of rotatable bonds is 3. The maximum atomic E-state index is 11.8. The highest BCUT2D eigenvalue weighted by molar-refractivity contribution is 9.10. The number of hydrogen-bond acceptors (Lipinski definition) is 4. The van der Waals surface area contributed by atoms with E-state index in [2.05, 4.69) is 21.0 Å². The molecule has 0 aliphatic heterocycles. The van der Waals surface area contributed by atoms with Crippen LogP contribution in [0.4, 0.5) is 0 Å². The molecule has 0 unspecified atom stereocenters. The smallest absolute Gasteiger partial charge is 0.266 e. The topological polar surface area (TPSA) is 61.2 Å². The molecule has 0 bridgehead atoms. The molecule has 0 fully saturated rings. The van der Waals surface area contributed by atoms with Crippen LogP contribution >= 0.6 is 27.5 Å². The zero-order valence-corrected chi connectivity index (χ0v) is 11.4. The van der Waals surface area contributed by atoms with E-state index in [-0.39, 0.29) is 4.90 Å². The highest BCUT2D eigenvalue weighted by atomic mass is 79.9. The van der Waals surface area contributed by atoms with Gasteiger partial charge in [-0.1, -0.05) is 16.4 Å². The lowest BCUT2D eigenvalue weighted by atomic mass is 10.4. The van der Waals surface area contributed by atoms with Crippen LogP contribution in [-0.2, 0) is 10.1 Å². The molecule has 1 heterocycles. The van der Waals surface area contributed by atoms with Crippen molar-refractivity contribution in [1.82, 2.24) is 9.94 Å². The summed E-state index contributed by atoms with van der Waals surface area (Å²) in [6.45, 7) is 0. The standard InChI is InChI=1S/C9H6BrClN2O3S/c10-7-5-12-13(6-7)16-17(14,15)9-3-1-8(11)2-4-9/h1-6H. The lowest BCUT2D eigenvalue weighted by molar-refractivity contribution is 0.240. The van der Waals surface area contributed by atoms with E-state index in [4.69, 9.17) is 15.9 Å². The van der Waals surface area contributed by atoms with Gasteiger partial charge in [-0.25, -0.2) is 0 Å². The molecule has 0 amide bonds. The van der Waals surface area contributed by atoms with Crippen molar-refractivity contribution in [1.29, 1.82) is 0 Å². The first-order valence-corrected chi connectivity index (χ1v) is 6.96. The second-order valence-corrected chi connectivity index (χ2v) is 5.92. The van der Waals surface area contributed by atoms with Crippen molar-refractivity contribution in [3.8, 4) is 0 Å². The van der Waals surface area contributed by atoms with Gasteiger partial charge in [0.25, 0.3) is 0 Å². The van der Waals surface area contributed by atoms with Crippen LogP contribution in [0.15, 0.2) is 46.0 Å². The molecule has 1 aromatic heterocycles.